The van der Waals surface area contributed by atoms with Crippen molar-refractivity contribution in [3.05, 3.63) is 77.0 Å². The predicted molar refractivity (Wildman–Crippen MR) is 128 cm³/mol. The Bertz CT molecular complexity index is 1150. The molecule has 0 aliphatic heterocycles. The van der Waals surface area contributed by atoms with Crippen molar-refractivity contribution in [2.24, 2.45) is 0 Å². The molecule has 4 aromatic rings. The van der Waals surface area contributed by atoms with Gasteiger partial charge in [0.15, 0.2) is 5.82 Å². The molecule has 0 aliphatic carbocycles. The van der Waals surface area contributed by atoms with Crippen molar-refractivity contribution in [2.45, 2.75) is 58.8 Å². The lowest BCUT2D eigenvalue weighted by molar-refractivity contribution is 0.667. The highest BCUT2D eigenvalue weighted by Gasteiger charge is 2.09. The fraction of sp³-hybridized carbons (Fsp3) is 0.333. The van der Waals surface area contributed by atoms with Gasteiger partial charge in [0.25, 0.3) is 0 Å². The number of hydrogen-bond acceptors (Lipinski definition) is 3. The fourth-order valence-electron chi connectivity index (χ4n) is 4.12. The smallest absolute Gasteiger partial charge is 0.150 e. The van der Waals surface area contributed by atoms with Crippen LogP contribution in [0.4, 0.5) is 5.82 Å². The van der Waals surface area contributed by atoms with Crippen molar-refractivity contribution >= 4 is 27.6 Å². The standard InChI is InChI=1S/C27H31N3/c1-3-4-5-6-7-20-9-11-21(12-10-20)13-14-22-17-24-23-15-8-19(2)16-25(23)30-27(28)26(24)29-18-22/h8-12,15-18H,3-7,13-14H2,1-2H3,(H2,28,30). The van der Waals surface area contributed by atoms with Crippen LogP contribution in [0.25, 0.3) is 21.8 Å². The van der Waals surface area contributed by atoms with Crippen molar-refractivity contribution in [3.63, 3.8) is 0 Å². The van der Waals surface area contributed by atoms with E-state index in [2.05, 4.69) is 72.3 Å². The number of nitrogens with zero attached hydrogens (tertiary/aromatic N) is 2. The Morgan fingerprint density at radius 2 is 1.50 bits per heavy atom. The van der Waals surface area contributed by atoms with Gasteiger partial charge in [-0.15, -0.1) is 0 Å². The van der Waals surface area contributed by atoms with Crippen molar-refractivity contribution in [1.29, 1.82) is 0 Å². The zero-order valence-electron chi connectivity index (χ0n) is 18.1. The van der Waals surface area contributed by atoms with E-state index in [1.807, 2.05) is 6.20 Å². The number of fused-ring (bicyclic) bond motifs is 3. The maximum Gasteiger partial charge on any atom is 0.150 e. The van der Waals surface area contributed by atoms with Crippen molar-refractivity contribution in [2.75, 3.05) is 5.73 Å². The third-order valence-electron chi connectivity index (χ3n) is 5.92. The number of benzene rings is 2. The summed E-state index contributed by atoms with van der Waals surface area (Å²) in [5.41, 5.74) is 13.2. The number of aryl methyl sites for hydroxylation is 4. The Labute approximate surface area is 179 Å². The fourth-order valence-corrected chi connectivity index (χ4v) is 4.12. The van der Waals surface area contributed by atoms with Crippen molar-refractivity contribution < 1.29 is 0 Å². The van der Waals surface area contributed by atoms with E-state index < -0.39 is 0 Å². The van der Waals surface area contributed by atoms with Crippen LogP contribution in [-0.2, 0) is 19.3 Å². The second-order valence-corrected chi connectivity index (χ2v) is 8.38. The Morgan fingerprint density at radius 3 is 2.27 bits per heavy atom. The molecule has 0 aliphatic rings. The Morgan fingerprint density at radius 1 is 0.767 bits per heavy atom. The molecule has 4 rings (SSSR count). The summed E-state index contributed by atoms with van der Waals surface area (Å²) in [7, 11) is 0. The molecule has 2 aromatic carbocycles. The average molecular weight is 398 g/mol. The molecule has 3 nitrogen and oxygen atoms in total. The zero-order valence-corrected chi connectivity index (χ0v) is 18.1. The first-order valence-corrected chi connectivity index (χ1v) is 11.2. The minimum atomic E-state index is 0.504. The number of pyridine rings is 2. The SMILES string of the molecule is CCCCCCc1ccc(CCc2cnc3c(N)nc4cc(C)ccc4c3c2)cc1. The van der Waals surface area contributed by atoms with Crippen LogP contribution in [0.5, 0.6) is 0 Å². The summed E-state index contributed by atoms with van der Waals surface area (Å²) in [6, 6.07) is 17.7. The molecule has 0 atom stereocenters. The van der Waals surface area contributed by atoms with Gasteiger partial charge in [0, 0.05) is 17.0 Å². The molecule has 2 N–H and O–H groups in total. The number of nitrogens with two attached hydrogens (primary N) is 1. The van der Waals surface area contributed by atoms with Crippen LogP contribution in [0.2, 0.25) is 0 Å². The lowest BCUT2D eigenvalue weighted by Gasteiger charge is -2.09. The van der Waals surface area contributed by atoms with Crippen LogP contribution in [0, 0.1) is 6.92 Å². The first-order chi connectivity index (χ1) is 14.6. The van der Waals surface area contributed by atoms with E-state index in [1.165, 1.54) is 54.4 Å². The number of rotatable bonds is 8. The van der Waals surface area contributed by atoms with E-state index in [0.717, 1.165) is 34.6 Å². The van der Waals surface area contributed by atoms with Crippen LogP contribution in [-0.4, -0.2) is 9.97 Å². The number of unbranched alkanes of at least 4 members (excludes halogenated alkanes) is 3. The summed E-state index contributed by atoms with van der Waals surface area (Å²) >= 11 is 0. The summed E-state index contributed by atoms with van der Waals surface area (Å²) in [4.78, 5) is 9.18. The number of aromatic nitrogens is 2. The number of nitrogen functional groups attached to an aromatic ring is 1. The van der Waals surface area contributed by atoms with Crippen LogP contribution < -0.4 is 5.73 Å². The Kier molecular flexibility index (Phi) is 6.27. The molecule has 2 heterocycles. The highest BCUT2D eigenvalue weighted by molar-refractivity contribution is 6.08. The molecule has 0 bridgehead atoms. The van der Waals surface area contributed by atoms with Gasteiger partial charge in [-0.05, 0) is 67.0 Å². The summed E-state index contributed by atoms with van der Waals surface area (Å²) in [6.45, 7) is 4.34. The lowest BCUT2D eigenvalue weighted by Crippen LogP contribution is -1.98. The second-order valence-electron chi connectivity index (χ2n) is 8.38. The molecule has 0 amide bonds. The monoisotopic (exact) mass is 397 g/mol. The third kappa shape index (κ3) is 4.62. The molecular formula is C27H31N3. The van der Waals surface area contributed by atoms with Crippen LogP contribution in [0.15, 0.2) is 54.7 Å². The molecule has 2 aromatic heterocycles. The van der Waals surface area contributed by atoms with E-state index >= 15 is 0 Å². The van der Waals surface area contributed by atoms with E-state index in [1.54, 1.807) is 0 Å². The molecule has 3 heteroatoms. The van der Waals surface area contributed by atoms with Gasteiger partial charge in [0.05, 0.1) is 5.52 Å². The topological polar surface area (TPSA) is 51.8 Å². The molecular weight excluding hydrogens is 366 g/mol. The van der Waals surface area contributed by atoms with E-state index in [4.69, 9.17) is 5.73 Å². The lowest BCUT2D eigenvalue weighted by atomic mass is 10.00. The minimum absolute atomic E-state index is 0.504. The molecule has 0 saturated heterocycles. The van der Waals surface area contributed by atoms with Crippen molar-refractivity contribution in [3.8, 4) is 0 Å². The summed E-state index contributed by atoms with van der Waals surface area (Å²) in [5, 5.41) is 2.21. The third-order valence-corrected chi connectivity index (χ3v) is 5.92. The van der Waals surface area contributed by atoms with Gasteiger partial charge >= 0.3 is 0 Å². The van der Waals surface area contributed by atoms with Gasteiger partial charge in [0.2, 0.25) is 0 Å². The summed E-state index contributed by atoms with van der Waals surface area (Å²) in [5.74, 6) is 0.504. The Hall–Kier alpha value is -2.94. The quantitative estimate of drug-likeness (QED) is 0.270. The van der Waals surface area contributed by atoms with Gasteiger partial charge in [-0.2, -0.15) is 0 Å². The maximum absolute atomic E-state index is 6.18. The second kappa shape index (κ2) is 9.25. The number of anilines is 1. The molecule has 0 radical (unpaired) electrons. The molecule has 30 heavy (non-hydrogen) atoms. The van der Waals surface area contributed by atoms with Crippen LogP contribution in [0.1, 0.15) is 54.9 Å². The summed E-state index contributed by atoms with van der Waals surface area (Å²) in [6.07, 6.45) is 10.4. The van der Waals surface area contributed by atoms with E-state index in [9.17, 15) is 0 Å². The van der Waals surface area contributed by atoms with E-state index in [0.29, 0.717) is 5.82 Å². The maximum atomic E-state index is 6.18. The van der Waals surface area contributed by atoms with Gasteiger partial charge in [-0.1, -0.05) is 62.6 Å². The largest absolute Gasteiger partial charge is 0.382 e. The molecule has 154 valence electrons. The molecule has 0 saturated carbocycles. The van der Waals surface area contributed by atoms with E-state index in [-0.39, 0.29) is 0 Å². The first-order valence-electron chi connectivity index (χ1n) is 11.2. The average Bonchev–Trinajstić information content (AvgIpc) is 2.76. The first kappa shape index (κ1) is 20.3. The minimum Gasteiger partial charge on any atom is -0.382 e. The van der Waals surface area contributed by atoms with Crippen molar-refractivity contribution in [1.82, 2.24) is 9.97 Å². The van der Waals surface area contributed by atoms with Gasteiger partial charge in [-0.25, -0.2) is 4.98 Å². The van der Waals surface area contributed by atoms with Gasteiger partial charge in [0.1, 0.15) is 5.52 Å². The van der Waals surface area contributed by atoms with Crippen LogP contribution in [0.3, 0.4) is 0 Å². The van der Waals surface area contributed by atoms with Crippen LogP contribution >= 0.6 is 0 Å². The highest BCUT2D eigenvalue weighted by Crippen LogP contribution is 2.28. The Balaban J connectivity index is 1.48. The molecule has 0 unspecified atom stereocenters. The summed E-state index contributed by atoms with van der Waals surface area (Å²) < 4.78 is 0. The molecule has 0 spiro atoms. The highest BCUT2D eigenvalue weighted by atomic mass is 14.9. The zero-order chi connectivity index (χ0) is 20.9. The van der Waals surface area contributed by atoms with Gasteiger partial charge in [-0.3, -0.25) is 4.98 Å². The number of hydrogen-bond donors (Lipinski definition) is 1. The molecule has 0 fully saturated rings. The van der Waals surface area contributed by atoms with Gasteiger partial charge < -0.3 is 5.73 Å². The predicted octanol–water partition coefficient (Wildman–Crippen LogP) is 6.58. The normalized spacial score (nSPS) is 11.4.